The van der Waals surface area contributed by atoms with Crippen molar-refractivity contribution in [1.82, 2.24) is 0 Å². The Morgan fingerprint density at radius 2 is 1.16 bits per heavy atom. The summed E-state index contributed by atoms with van der Waals surface area (Å²) in [6.45, 7) is 16.8. The molecule has 44 heavy (non-hydrogen) atoms. The Kier molecular flexibility index (Phi) is 17.2. The van der Waals surface area contributed by atoms with E-state index in [1.54, 1.807) is 30.3 Å². The molecule has 0 saturated carbocycles. The van der Waals surface area contributed by atoms with E-state index in [2.05, 4.69) is 29.8 Å². The van der Waals surface area contributed by atoms with E-state index in [1.165, 1.54) is 6.42 Å². The van der Waals surface area contributed by atoms with Gasteiger partial charge in [-0.15, -0.1) is 0 Å². The van der Waals surface area contributed by atoms with E-state index < -0.39 is 18.4 Å². The number of ether oxygens (including phenoxy) is 2. The number of carbonyl (C=O) groups excluding carboxylic acids is 3. The van der Waals surface area contributed by atoms with Gasteiger partial charge in [0.25, 0.3) is 0 Å². The fraction of sp³-hybridized carbons (Fsp3) is 0.333. The van der Waals surface area contributed by atoms with Crippen LogP contribution in [0.4, 0.5) is 4.39 Å². The van der Waals surface area contributed by atoms with Gasteiger partial charge in [0.2, 0.25) is 0 Å². The number of halogens is 2. The van der Waals surface area contributed by atoms with Gasteiger partial charge in [-0.1, -0.05) is 83.9 Å². The molecule has 0 aliphatic rings. The molecule has 0 bridgehead atoms. The maximum Gasteiger partial charge on any atom is 1.00 e. The Morgan fingerprint density at radius 3 is 1.57 bits per heavy atom. The Labute approximate surface area is 283 Å². The molecule has 0 aliphatic heterocycles. The van der Waals surface area contributed by atoms with Gasteiger partial charge in [0.15, 0.2) is 6.29 Å². The molecular formula is C36H43BrFLiO5. The average molecular weight is 663 g/mol. The van der Waals surface area contributed by atoms with E-state index >= 15 is 0 Å². The van der Waals surface area contributed by atoms with Gasteiger partial charge in [-0.25, -0.2) is 9.59 Å². The molecule has 232 valence electrons. The molecule has 0 heterocycles. The van der Waals surface area contributed by atoms with Crippen LogP contribution in [0.15, 0.2) is 77.3 Å². The summed E-state index contributed by atoms with van der Waals surface area (Å²) in [5.41, 5.74) is 0.634. The van der Waals surface area contributed by atoms with Crippen LogP contribution >= 0.6 is 15.9 Å². The number of fused-ring (bicyclic) bond motifs is 2. The molecule has 0 amide bonds. The summed E-state index contributed by atoms with van der Waals surface area (Å²) < 4.78 is 27.3. The summed E-state index contributed by atoms with van der Waals surface area (Å²) in [6.07, 6.45) is 3.07. The van der Waals surface area contributed by atoms with Gasteiger partial charge in [-0.3, -0.25) is 9.18 Å². The number of esters is 2. The van der Waals surface area contributed by atoms with Crippen molar-refractivity contribution in [3.8, 4) is 0 Å². The number of unbranched alkanes of at least 4 members (excludes halogenated alkanes) is 1. The molecule has 0 atom stereocenters. The molecule has 0 radical (unpaired) electrons. The molecule has 5 nitrogen and oxygen atoms in total. The van der Waals surface area contributed by atoms with Crippen LogP contribution in [0, 0.1) is 6.92 Å². The average Bonchev–Trinajstić information content (AvgIpc) is 2.95. The molecule has 0 aromatic heterocycles. The number of carbonyl (C=O) groups is 3. The molecule has 4 aromatic carbocycles. The quantitative estimate of drug-likeness (QED) is 0.0988. The predicted molar refractivity (Wildman–Crippen MR) is 179 cm³/mol. The summed E-state index contributed by atoms with van der Waals surface area (Å²) in [4.78, 5) is 35.3. The van der Waals surface area contributed by atoms with Crippen molar-refractivity contribution >= 4 is 55.7 Å². The molecule has 4 aromatic rings. The Bertz CT molecular complexity index is 1530. The van der Waals surface area contributed by atoms with E-state index in [4.69, 9.17) is 10.8 Å². The maximum absolute atomic E-state index is 12.2. The van der Waals surface area contributed by atoms with Crippen molar-refractivity contribution < 1.29 is 48.5 Å². The van der Waals surface area contributed by atoms with Crippen LogP contribution in [-0.4, -0.2) is 36.6 Å². The minimum atomic E-state index is -1.00. The van der Waals surface area contributed by atoms with E-state index in [0.29, 0.717) is 16.7 Å². The Morgan fingerprint density at radius 1 is 0.795 bits per heavy atom. The first-order valence-electron chi connectivity index (χ1n) is 14.6. The van der Waals surface area contributed by atoms with Crippen LogP contribution in [0.1, 0.15) is 93.8 Å². The summed E-state index contributed by atoms with van der Waals surface area (Å²) >= 11 is 3.49. The Hall–Kier alpha value is -2.98. The number of aldehydes is 1. The largest absolute Gasteiger partial charge is 1.00 e. The monoisotopic (exact) mass is 661 g/mol. The minimum absolute atomic E-state index is 0. The van der Waals surface area contributed by atoms with Gasteiger partial charge in [-0.2, -0.15) is 6.42 Å². The molecule has 0 spiro atoms. The first-order chi connectivity index (χ1) is 20.6. The Balaban J connectivity index is 0.000000701. The van der Waals surface area contributed by atoms with Crippen molar-refractivity contribution in [2.75, 3.05) is 7.15 Å². The first kappa shape index (κ1) is 39.0. The number of alkyl halides is 1. The van der Waals surface area contributed by atoms with Crippen molar-refractivity contribution in [3.05, 3.63) is 101 Å². The van der Waals surface area contributed by atoms with Crippen LogP contribution < -0.4 is 18.9 Å². The zero-order valence-electron chi connectivity index (χ0n) is 28.1. The first-order valence-corrected chi connectivity index (χ1v) is 14.7. The van der Waals surface area contributed by atoms with Crippen LogP contribution in [0.2, 0.25) is 0 Å². The number of hydrogen-bond acceptors (Lipinski definition) is 5. The molecule has 0 unspecified atom stereocenters. The van der Waals surface area contributed by atoms with E-state index in [-0.39, 0.29) is 30.8 Å². The van der Waals surface area contributed by atoms with Crippen molar-refractivity contribution in [2.24, 2.45) is 0 Å². The second kappa shape index (κ2) is 19.4. The summed E-state index contributed by atoms with van der Waals surface area (Å²) in [5, 5.41) is 3.42. The van der Waals surface area contributed by atoms with E-state index in [0.717, 1.165) is 38.7 Å². The summed E-state index contributed by atoms with van der Waals surface area (Å²) in [5.74, 6) is -0.660. The smallest absolute Gasteiger partial charge is 0.456 e. The van der Waals surface area contributed by atoms with Gasteiger partial charge < -0.3 is 16.4 Å². The number of hydrogen-bond donors (Lipinski definition) is 0. The van der Waals surface area contributed by atoms with Gasteiger partial charge in [0, 0.05) is 10.0 Å². The maximum atomic E-state index is 12.2. The number of rotatable bonds is 4. The molecular weight excluding hydrogens is 618 g/mol. The summed E-state index contributed by atoms with van der Waals surface area (Å²) in [7, 11) is -1.00. The number of benzene rings is 4. The van der Waals surface area contributed by atoms with E-state index in [1.807, 2.05) is 84.0 Å². The molecule has 0 N–H and O–H groups in total. The molecule has 0 saturated heterocycles. The van der Waals surface area contributed by atoms with E-state index in [9.17, 15) is 18.8 Å². The van der Waals surface area contributed by atoms with Gasteiger partial charge in [0.1, 0.15) is 11.2 Å². The third-order valence-electron chi connectivity index (χ3n) is 5.54. The predicted octanol–water partition coefficient (Wildman–Crippen LogP) is 7.38. The molecule has 8 heteroatoms. The van der Waals surface area contributed by atoms with Crippen LogP contribution in [-0.2, 0) is 9.47 Å². The topological polar surface area (TPSA) is 69.7 Å². The van der Waals surface area contributed by atoms with Crippen molar-refractivity contribution in [3.63, 3.8) is 0 Å². The standard InChI is InChI=1S/C16H16O3.C15H15BrO2.C4H9.CH3F.Li/c1-16(2,3)19-15(18)14-9-5-7-12-11(10-17)6-4-8-13(12)14;1-15(2,3)18-14(17)12-8-4-7-11-10(12)6-5-9-13(11)16;1-3-4-2;1-2;/h4-10H,1-3H3;4-9H,1-3H3;1,3-4H2,2H3;1H3;/q;;-1;;+1/i;;;1D;. The SMILES string of the molecule is CC(C)(C)OC(=O)c1cccc2c(Br)cccc12.CC(C)(C)OC(=O)c1cccc2c(C=O)cccc12.[2H]CF.[CH2-]CCC.[Li+]. The molecule has 0 fully saturated rings. The second-order valence-corrected chi connectivity index (χ2v) is 12.2. The van der Waals surface area contributed by atoms with Gasteiger partial charge in [-0.05, 0) is 81.3 Å². The van der Waals surface area contributed by atoms with Crippen LogP contribution in [0.25, 0.3) is 21.5 Å². The summed E-state index contributed by atoms with van der Waals surface area (Å²) in [6, 6.07) is 22.1. The molecule has 0 aliphatic carbocycles. The zero-order chi connectivity index (χ0) is 33.5. The fourth-order valence-corrected chi connectivity index (χ4v) is 4.23. The van der Waals surface area contributed by atoms with Crippen molar-refractivity contribution in [1.29, 1.82) is 0 Å². The third kappa shape index (κ3) is 12.9. The van der Waals surface area contributed by atoms with Gasteiger partial charge >= 0.3 is 30.8 Å². The van der Waals surface area contributed by atoms with Gasteiger partial charge in [0.05, 0.1) is 19.7 Å². The normalized spacial score (nSPS) is 10.7. The second-order valence-electron chi connectivity index (χ2n) is 11.4. The zero-order valence-corrected chi connectivity index (χ0v) is 28.7. The van der Waals surface area contributed by atoms with Crippen molar-refractivity contribution in [2.45, 2.75) is 72.5 Å². The molecule has 4 rings (SSSR count). The van der Waals surface area contributed by atoms with Crippen LogP contribution in [0.3, 0.4) is 0 Å². The third-order valence-corrected chi connectivity index (χ3v) is 6.23. The minimum Gasteiger partial charge on any atom is -0.456 e. The fourth-order valence-electron chi connectivity index (χ4n) is 3.73. The van der Waals surface area contributed by atoms with Crippen LogP contribution in [0.5, 0.6) is 0 Å².